The van der Waals surface area contributed by atoms with E-state index in [9.17, 15) is 64.5 Å². The lowest BCUT2D eigenvalue weighted by Crippen LogP contribution is -2.70. The second-order valence-corrected chi connectivity index (χ2v) is 21.2. The van der Waals surface area contributed by atoms with Gasteiger partial charge in [0.25, 0.3) is 5.22 Å². The maximum Gasteiger partial charge on any atom is 0.257 e. The number of Topliss-reactive ketones (excluding diaryl/α,β-unsaturated/α-hetero) is 1. The van der Waals surface area contributed by atoms with Gasteiger partial charge < -0.3 is 98.5 Å². The number of ether oxygens (including phenoxy) is 1. The van der Waals surface area contributed by atoms with Crippen molar-refractivity contribution in [3.8, 4) is 0 Å². The van der Waals surface area contributed by atoms with Gasteiger partial charge in [0.15, 0.2) is 29.5 Å². The summed E-state index contributed by atoms with van der Waals surface area (Å²) in [6.07, 6.45) is -13.7. The van der Waals surface area contributed by atoms with Crippen LogP contribution < -0.4 is 48.7 Å². The summed E-state index contributed by atoms with van der Waals surface area (Å²) in [7, 11) is 0. The van der Waals surface area contributed by atoms with Gasteiger partial charge >= 0.3 is 0 Å². The molecule has 18 N–H and O–H groups in total. The first kappa shape index (κ1) is 60.6. The minimum atomic E-state index is -2.29. The van der Waals surface area contributed by atoms with Crippen molar-refractivity contribution in [2.45, 2.75) is 110 Å². The molecule has 8 rings (SSSR count). The SMILES string of the molecule is C[C@@H](c1ccccc1)[C@@H]1NC(=O)CNC(=O)[C@H](CO)NC(=O)[C@@H]([C@@H](O)[C@@H]2CN=C(N)N2[C@H]2O[C@H](CO)[C@@H](O)[C@H](O)[C@@H]2O)NC(=O)[C@H]([C@H](O)[C@@H]2CN=C(N)N2)NC(=O)[C@@H](Cc2ccc3nc(SCC(=O)c4ccc(Cl)cc4)oc3c2)NC1=O. The van der Waals surface area contributed by atoms with Crippen molar-refractivity contribution < 1.29 is 78.5 Å². The molecular formula is C51H62ClN13O16S. The van der Waals surface area contributed by atoms with Crippen molar-refractivity contribution in [3.05, 3.63) is 94.5 Å². The number of ketones is 1. The molecule has 0 bridgehead atoms. The number of guanidine groups is 2. The van der Waals surface area contributed by atoms with E-state index in [0.717, 1.165) is 16.7 Å². The van der Waals surface area contributed by atoms with E-state index in [4.69, 9.17) is 32.2 Å². The predicted octanol–water partition coefficient (Wildman–Crippen LogP) is -5.84. The highest BCUT2D eigenvalue weighted by Crippen LogP contribution is 2.30. The number of halogens is 1. The Balaban J connectivity index is 1.15. The van der Waals surface area contributed by atoms with Crippen LogP contribution >= 0.6 is 23.4 Å². The van der Waals surface area contributed by atoms with Crippen LogP contribution in [0.25, 0.3) is 11.1 Å². The summed E-state index contributed by atoms with van der Waals surface area (Å²) in [6.45, 7) is -2.00. The number of carbonyl (C=O) groups excluding carboxylic acids is 7. The smallest absolute Gasteiger partial charge is 0.257 e. The summed E-state index contributed by atoms with van der Waals surface area (Å²) in [5, 5.41) is 94.9. The number of hydrogen-bond donors (Lipinski definition) is 16. The molecule has 29 nitrogen and oxygen atoms in total. The highest BCUT2D eigenvalue weighted by molar-refractivity contribution is 7.99. The van der Waals surface area contributed by atoms with Crippen LogP contribution in [0.4, 0.5) is 0 Å². The van der Waals surface area contributed by atoms with Crippen molar-refractivity contribution in [2.75, 3.05) is 38.6 Å². The summed E-state index contributed by atoms with van der Waals surface area (Å²) in [5.74, 6) is -8.67. The molecule has 1 aromatic heterocycles. The van der Waals surface area contributed by atoms with E-state index in [2.05, 4.69) is 52.2 Å². The molecule has 4 aromatic rings. The number of hydrogen-bond acceptors (Lipinski definition) is 24. The van der Waals surface area contributed by atoms with Crippen molar-refractivity contribution in [2.24, 2.45) is 21.5 Å². The monoisotopic (exact) mass is 1180 g/mol. The minimum absolute atomic E-state index is 0.0471. The molecular weight excluding hydrogens is 1120 g/mol. The Morgan fingerprint density at radius 2 is 1.43 bits per heavy atom. The molecule has 0 spiro atoms. The normalized spacial score (nSPS) is 29.1. The molecule has 0 saturated carbocycles. The number of amides is 6. The number of aromatic nitrogens is 1. The van der Waals surface area contributed by atoms with Crippen molar-refractivity contribution >= 4 is 87.6 Å². The molecule has 2 saturated heterocycles. The predicted molar refractivity (Wildman–Crippen MR) is 290 cm³/mol. The highest BCUT2D eigenvalue weighted by atomic mass is 35.5. The van der Waals surface area contributed by atoms with Gasteiger partial charge in [-0.1, -0.05) is 66.7 Å². The van der Waals surface area contributed by atoms with Gasteiger partial charge in [-0.2, -0.15) is 0 Å². The Bertz CT molecular complexity index is 3070. The molecule has 0 unspecified atom stereocenters. The third-order valence-corrected chi connectivity index (χ3v) is 15.4. The van der Waals surface area contributed by atoms with E-state index >= 15 is 4.79 Å². The number of thioether (sulfide) groups is 1. The average molecular weight is 1180 g/mol. The van der Waals surface area contributed by atoms with Crippen molar-refractivity contribution in [3.63, 3.8) is 0 Å². The van der Waals surface area contributed by atoms with E-state index in [1.807, 2.05) is 0 Å². The zero-order valence-electron chi connectivity index (χ0n) is 43.6. The Hall–Kier alpha value is -7.52. The van der Waals surface area contributed by atoms with E-state index in [0.29, 0.717) is 27.2 Å². The molecule has 0 radical (unpaired) electrons. The summed E-state index contributed by atoms with van der Waals surface area (Å²) >= 11 is 7.01. The molecule has 4 aliphatic rings. The first-order valence-corrected chi connectivity index (χ1v) is 27.1. The quantitative estimate of drug-likeness (QED) is 0.0389. The second-order valence-electron chi connectivity index (χ2n) is 19.8. The van der Waals surface area contributed by atoms with Gasteiger partial charge in [-0.25, -0.2) is 4.98 Å². The molecule has 0 aliphatic carbocycles. The Kier molecular flexibility index (Phi) is 19.6. The highest BCUT2D eigenvalue weighted by Gasteiger charge is 2.52. The number of aliphatic hydroxyl groups is 7. The fourth-order valence-corrected chi connectivity index (χ4v) is 10.6. The number of nitrogens with one attached hydrogen (secondary N) is 7. The number of benzene rings is 3. The molecule has 440 valence electrons. The van der Waals surface area contributed by atoms with Gasteiger partial charge in [-0.15, -0.1) is 0 Å². The number of carbonyl (C=O) groups is 7. The lowest BCUT2D eigenvalue weighted by Gasteiger charge is -2.46. The first-order chi connectivity index (χ1) is 39.1. The van der Waals surface area contributed by atoms with Gasteiger partial charge in [-0.3, -0.25) is 43.5 Å². The molecule has 2 fully saturated rings. The van der Waals surface area contributed by atoms with Gasteiger partial charge in [0.2, 0.25) is 35.4 Å². The van der Waals surface area contributed by atoms with Gasteiger partial charge in [-0.05, 0) is 47.5 Å². The molecule has 5 heterocycles. The lowest BCUT2D eigenvalue weighted by molar-refractivity contribution is -0.260. The molecule has 82 heavy (non-hydrogen) atoms. The average Bonchev–Trinajstić information content (AvgIpc) is 3.84. The first-order valence-electron chi connectivity index (χ1n) is 25.7. The number of aliphatic imine (C=N–C) groups is 2. The fourth-order valence-electron chi connectivity index (χ4n) is 9.69. The van der Waals surface area contributed by atoms with Crippen LogP contribution in [0.2, 0.25) is 5.02 Å². The summed E-state index contributed by atoms with van der Waals surface area (Å²) in [6, 6.07) is 7.14. The van der Waals surface area contributed by atoms with Gasteiger partial charge in [0.1, 0.15) is 72.3 Å². The van der Waals surface area contributed by atoms with Crippen molar-refractivity contribution in [1.82, 2.24) is 47.1 Å². The molecule has 3 aromatic carbocycles. The summed E-state index contributed by atoms with van der Waals surface area (Å²) in [5.41, 5.74) is 14.0. The van der Waals surface area contributed by atoms with E-state index in [1.165, 1.54) is 6.07 Å². The van der Waals surface area contributed by atoms with Crippen LogP contribution in [-0.4, -0.2) is 223 Å². The van der Waals surface area contributed by atoms with Crippen LogP contribution in [0.15, 0.2) is 92.4 Å². The summed E-state index contributed by atoms with van der Waals surface area (Å²) in [4.78, 5) is 113. The third-order valence-electron chi connectivity index (χ3n) is 14.3. The largest absolute Gasteiger partial charge is 0.431 e. The Morgan fingerprint density at radius 3 is 2.11 bits per heavy atom. The number of aliphatic hydroxyl groups excluding tert-OH is 7. The summed E-state index contributed by atoms with van der Waals surface area (Å²) < 4.78 is 11.7. The van der Waals surface area contributed by atoms with E-state index < -0.39 is 159 Å². The molecule has 6 amide bonds. The van der Waals surface area contributed by atoms with Gasteiger partial charge in [0, 0.05) is 22.9 Å². The zero-order chi connectivity index (χ0) is 59.1. The number of fused-ring (bicyclic) bond motifs is 1. The lowest BCUT2D eigenvalue weighted by atomic mass is 9.92. The number of rotatable bonds is 15. The van der Waals surface area contributed by atoms with Crippen LogP contribution in [0.3, 0.4) is 0 Å². The van der Waals surface area contributed by atoms with E-state index in [-0.39, 0.29) is 41.3 Å². The standard InChI is InChI=1S/C51H62ClN13O16S/c1-21(23-5-3-2-4-6-23)35-45(77)58-27(13-22-7-12-26-32(14-22)81-51(61-26)82-20-31(68)24-8-10-25(52)11-9-24)44(76)63-36(38(70)28-15-56-49(53)60-28)47(79)64-37(46(78)59-29(18-66)43(75)55-17-34(69)62-35)39(71)30-16-57-50(54)65(30)48-42(74)41(73)40(72)33(19-67)80-48/h2-12,14,21,27-30,33,35-42,48,66-67,70-74H,13,15-20H2,1H3,(H2,54,57)(H,55,75)(H,58,77)(H,59,78)(H,62,69)(H,63,76)(H,64,79)(H3,53,56,60)/t21-,27+,28-,29-,30-,33+,35-,36-,37+,38+,39-,40+,41-,42-,48-/m0/s1. The maximum absolute atomic E-state index is 15.1. The van der Waals surface area contributed by atoms with Crippen LogP contribution in [0.5, 0.6) is 0 Å². The third kappa shape index (κ3) is 13.9. The Labute approximate surface area is 475 Å². The van der Waals surface area contributed by atoms with Crippen LogP contribution in [-0.2, 0) is 39.9 Å². The fraction of sp³-hybridized carbons (Fsp3) is 0.451. The number of nitrogens with zero attached hydrogens (tertiary/aromatic N) is 4. The zero-order valence-corrected chi connectivity index (χ0v) is 45.1. The topological polar surface area (TPSA) is 461 Å². The number of nitrogens with two attached hydrogens (primary N) is 2. The maximum atomic E-state index is 15.1. The molecule has 31 heteroatoms. The van der Waals surface area contributed by atoms with E-state index in [1.54, 1.807) is 73.7 Å². The number of oxazole rings is 1. The minimum Gasteiger partial charge on any atom is -0.431 e. The van der Waals surface area contributed by atoms with Gasteiger partial charge in [0.05, 0.1) is 50.7 Å². The Morgan fingerprint density at radius 1 is 0.756 bits per heavy atom. The van der Waals surface area contributed by atoms with Crippen LogP contribution in [0, 0.1) is 0 Å². The molecule has 15 atom stereocenters. The van der Waals surface area contributed by atoms with Crippen LogP contribution in [0.1, 0.15) is 34.3 Å². The second kappa shape index (κ2) is 26.6. The molecule has 4 aliphatic heterocycles. The van der Waals surface area contributed by atoms with Crippen molar-refractivity contribution in [1.29, 1.82) is 0 Å².